The Bertz CT molecular complexity index is 772. The fourth-order valence-corrected chi connectivity index (χ4v) is 2.21. The van der Waals surface area contributed by atoms with E-state index in [1.807, 2.05) is 31.2 Å². The van der Waals surface area contributed by atoms with Crippen LogP contribution < -0.4 is 5.73 Å². The number of imidazole rings is 1. The first-order valence-corrected chi connectivity index (χ1v) is 6.47. The zero-order valence-electron chi connectivity index (χ0n) is 11.1. The lowest BCUT2D eigenvalue weighted by atomic mass is 10.2. The number of hydrogen-bond acceptors (Lipinski definition) is 4. The summed E-state index contributed by atoms with van der Waals surface area (Å²) in [6.07, 6.45) is 1.63. The molecule has 0 radical (unpaired) electrons. The zero-order valence-corrected chi connectivity index (χ0v) is 11.1. The molecule has 0 saturated heterocycles. The second-order valence-electron chi connectivity index (χ2n) is 4.56. The Morgan fingerprint density at radius 1 is 1.40 bits per heavy atom. The minimum atomic E-state index is 0.329. The number of hydrogen-bond donors (Lipinski definition) is 2. The van der Waals surface area contributed by atoms with Crippen LogP contribution in [0.5, 0.6) is 0 Å². The van der Waals surface area contributed by atoms with Crippen molar-refractivity contribution in [3.63, 3.8) is 0 Å². The standard InChI is InChI=1S/C14H14N6/c1-2-5-10-9(8-15)13(16)20(19-10)14-17-11-6-3-4-7-12(11)18-14/h3-4,6-7H,2,5,16H2,1H3,(H,17,18). The van der Waals surface area contributed by atoms with Crippen LogP contribution in [0, 0.1) is 11.3 Å². The number of H-pyrrole nitrogens is 1. The predicted octanol–water partition coefficient (Wildman–Crippen LogP) is 2.15. The van der Waals surface area contributed by atoms with Crippen molar-refractivity contribution < 1.29 is 0 Å². The molecular formula is C14H14N6. The first-order chi connectivity index (χ1) is 9.74. The van der Waals surface area contributed by atoms with Gasteiger partial charge in [0.05, 0.1) is 16.7 Å². The number of nitrogens with zero attached hydrogens (tertiary/aromatic N) is 4. The number of anilines is 1. The highest BCUT2D eigenvalue weighted by Crippen LogP contribution is 2.21. The summed E-state index contributed by atoms with van der Waals surface area (Å²) >= 11 is 0. The molecule has 0 atom stereocenters. The summed E-state index contributed by atoms with van der Waals surface area (Å²) in [7, 11) is 0. The number of nitrogens with two attached hydrogens (primary N) is 1. The van der Waals surface area contributed by atoms with E-state index in [-0.39, 0.29) is 0 Å². The molecule has 0 fully saturated rings. The number of aromatic nitrogens is 4. The van der Waals surface area contributed by atoms with Gasteiger partial charge in [-0.2, -0.15) is 15.0 Å². The summed E-state index contributed by atoms with van der Waals surface area (Å²) < 4.78 is 1.50. The summed E-state index contributed by atoms with van der Waals surface area (Å²) in [5.41, 5.74) is 8.92. The van der Waals surface area contributed by atoms with Gasteiger partial charge in [0, 0.05) is 0 Å². The van der Waals surface area contributed by atoms with Gasteiger partial charge in [-0.1, -0.05) is 25.5 Å². The summed E-state index contributed by atoms with van der Waals surface area (Å²) in [5.74, 6) is 0.859. The minimum Gasteiger partial charge on any atom is -0.382 e. The number of aryl methyl sites for hydroxylation is 1. The Hall–Kier alpha value is -2.81. The second kappa shape index (κ2) is 4.70. The van der Waals surface area contributed by atoms with Crippen molar-refractivity contribution in [3.8, 4) is 12.0 Å². The summed E-state index contributed by atoms with van der Waals surface area (Å²) in [4.78, 5) is 7.61. The molecule has 2 heterocycles. The maximum absolute atomic E-state index is 9.21. The van der Waals surface area contributed by atoms with Gasteiger partial charge >= 0.3 is 0 Å². The third-order valence-electron chi connectivity index (χ3n) is 3.17. The summed E-state index contributed by atoms with van der Waals surface area (Å²) in [5, 5.41) is 13.6. The molecule has 2 aromatic heterocycles. The molecular weight excluding hydrogens is 252 g/mol. The molecule has 0 aliphatic carbocycles. The van der Waals surface area contributed by atoms with E-state index in [9.17, 15) is 5.26 Å². The zero-order chi connectivity index (χ0) is 14.1. The number of aromatic amines is 1. The number of nitrogens with one attached hydrogen (secondary N) is 1. The lowest BCUT2D eigenvalue weighted by molar-refractivity contribution is 0.785. The van der Waals surface area contributed by atoms with E-state index < -0.39 is 0 Å². The van der Waals surface area contributed by atoms with E-state index in [4.69, 9.17) is 5.73 Å². The van der Waals surface area contributed by atoms with Crippen molar-refractivity contribution in [3.05, 3.63) is 35.5 Å². The minimum absolute atomic E-state index is 0.329. The maximum atomic E-state index is 9.21. The number of para-hydroxylation sites is 2. The highest BCUT2D eigenvalue weighted by Gasteiger charge is 2.17. The largest absolute Gasteiger partial charge is 0.382 e. The van der Waals surface area contributed by atoms with Gasteiger partial charge in [-0.3, -0.25) is 0 Å². The second-order valence-corrected chi connectivity index (χ2v) is 4.56. The van der Waals surface area contributed by atoms with Gasteiger partial charge < -0.3 is 10.7 Å². The Kier molecular flexibility index (Phi) is 2.88. The Balaban J connectivity index is 2.16. The molecule has 0 aliphatic heterocycles. The van der Waals surface area contributed by atoms with Crippen LogP contribution in [0.1, 0.15) is 24.6 Å². The molecule has 20 heavy (non-hydrogen) atoms. The molecule has 3 rings (SSSR count). The SMILES string of the molecule is CCCc1nn(-c2nc3ccccc3[nH]2)c(N)c1C#N. The van der Waals surface area contributed by atoms with Gasteiger partial charge in [0.15, 0.2) is 0 Å². The van der Waals surface area contributed by atoms with E-state index in [0.717, 1.165) is 23.9 Å². The Morgan fingerprint density at radius 2 is 2.20 bits per heavy atom. The molecule has 0 aliphatic rings. The van der Waals surface area contributed by atoms with Crippen LogP contribution in [0.15, 0.2) is 24.3 Å². The van der Waals surface area contributed by atoms with Crippen molar-refractivity contribution in [2.75, 3.05) is 5.73 Å². The molecule has 6 heteroatoms. The molecule has 0 unspecified atom stereocenters. The van der Waals surface area contributed by atoms with Gasteiger partial charge in [-0.05, 0) is 18.6 Å². The van der Waals surface area contributed by atoms with E-state index in [1.54, 1.807) is 0 Å². The van der Waals surface area contributed by atoms with Crippen molar-refractivity contribution in [1.29, 1.82) is 5.26 Å². The van der Waals surface area contributed by atoms with Gasteiger partial charge in [0.2, 0.25) is 5.95 Å². The molecule has 0 bridgehead atoms. The van der Waals surface area contributed by atoms with Gasteiger partial charge in [0.1, 0.15) is 17.5 Å². The van der Waals surface area contributed by atoms with Gasteiger partial charge in [-0.25, -0.2) is 4.98 Å². The number of fused-ring (bicyclic) bond motifs is 1. The van der Waals surface area contributed by atoms with Gasteiger partial charge in [-0.15, -0.1) is 0 Å². The fourth-order valence-electron chi connectivity index (χ4n) is 2.21. The van der Waals surface area contributed by atoms with Crippen LogP contribution in [0.2, 0.25) is 0 Å². The quantitative estimate of drug-likeness (QED) is 0.759. The molecule has 0 spiro atoms. The summed E-state index contributed by atoms with van der Waals surface area (Å²) in [6.45, 7) is 2.04. The topological polar surface area (TPSA) is 96.3 Å². The van der Waals surface area contributed by atoms with Crippen LogP contribution >= 0.6 is 0 Å². The maximum Gasteiger partial charge on any atom is 0.231 e. The van der Waals surface area contributed by atoms with Gasteiger partial charge in [0.25, 0.3) is 0 Å². The third-order valence-corrected chi connectivity index (χ3v) is 3.17. The summed E-state index contributed by atoms with van der Waals surface area (Å²) in [6, 6.07) is 9.82. The average Bonchev–Trinajstić information content (AvgIpc) is 3.00. The highest BCUT2D eigenvalue weighted by atomic mass is 15.4. The first kappa shape index (κ1) is 12.2. The van der Waals surface area contributed by atoms with Crippen LogP contribution in [0.25, 0.3) is 17.0 Å². The van der Waals surface area contributed by atoms with E-state index in [1.165, 1.54) is 4.68 Å². The number of nitrogen functional groups attached to an aromatic ring is 1. The smallest absolute Gasteiger partial charge is 0.231 e. The van der Waals surface area contributed by atoms with Crippen molar-refractivity contribution in [2.45, 2.75) is 19.8 Å². The normalized spacial score (nSPS) is 10.8. The third kappa shape index (κ3) is 1.80. The lowest BCUT2D eigenvalue weighted by Crippen LogP contribution is -2.04. The Morgan fingerprint density at radius 3 is 2.90 bits per heavy atom. The molecule has 0 saturated carbocycles. The molecule has 1 aromatic carbocycles. The van der Waals surface area contributed by atoms with Crippen molar-refractivity contribution >= 4 is 16.9 Å². The molecule has 3 aromatic rings. The molecule has 100 valence electrons. The predicted molar refractivity (Wildman–Crippen MR) is 76.3 cm³/mol. The van der Waals surface area contributed by atoms with Crippen molar-refractivity contribution in [2.24, 2.45) is 0 Å². The van der Waals surface area contributed by atoms with Crippen LogP contribution in [0.4, 0.5) is 5.82 Å². The van der Waals surface area contributed by atoms with E-state index >= 15 is 0 Å². The average molecular weight is 266 g/mol. The van der Waals surface area contributed by atoms with Crippen LogP contribution in [-0.4, -0.2) is 19.7 Å². The van der Waals surface area contributed by atoms with Crippen LogP contribution in [-0.2, 0) is 6.42 Å². The lowest BCUT2D eigenvalue weighted by Gasteiger charge is -1.97. The van der Waals surface area contributed by atoms with E-state index in [2.05, 4.69) is 21.1 Å². The molecule has 6 nitrogen and oxygen atoms in total. The Labute approximate surface area is 115 Å². The highest BCUT2D eigenvalue weighted by molar-refractivity contribution is 5.76. The van der Waals surface area contributed by atoms with Crippen LogP contribution in [0.3, 0.4) is 0 Å². The number of benzene rings is 1. The fraction of sp³-hybridized carbons (Fsp3) is 0.214. The van der Waals surface area contributed by atoms with E-state index in [0.29, 0.717) is 23.0 Å². The number of nitriles is 1. The number of rotatable bonds is 3. The molecule has 0 amide bonds. The first-order valence-electron chi connectivity index (χ1n) is 6.47. The van der Waals surface area contributed by atoms with Crippen molar-refractivity contribution in [1.82, 2.24) is 19.7 Å². The molecule has 3 N–H and O–H groups in total. The monoisotopic (exact) mass is 266 g/mol.